The molecule has 2 N–H and O–H groups in total. The summed E-state index contributed by atoms with van der Waals surface area (Å²) in [5.74, 6) is -0.256. The predicted molar refractivity (Wildman–Crippen MR) is 94.4 cm³/mol. The van der Waals surface area contributed by atoms with Gasteiger partial charge in [-0.1, -0.05) is 24.3 Å². The van der Waals surface area contributed by atoms with Crippen molar-refractivity contribution in [2.24, 2.45) is 0 Å². The third-order valence-electron chi connectivity index (χ3n) is 3.79. The maximum Gasteiger partial charge on any atom is 0.416 e. The summed E-state index contributed by atoms with van der Waals surface area (Å²) in [6.07, 6.45) is -3.85. The molecule has 0 unspecified atom stereocenters. The minimum Gasteiger partial charge on any atom is -0.379 e. The monoisotopic (exact) mass is 381 g/mol. The standard InChI is InChI=1S/C18H18F3N3O3/c19-18(20,21)14-7-5-13(6-8-14)9-11-23-17(25)10-12-22-15-3-1-2-4-16(15)24(26)27/h1-8,22H,9-12H2,(H,23,25). The Hall–Kier alpha value is -3.10. The summed E-state index contributed by atoms with van der Waals surface area (Å²) in [5.41, 5.74) is 0.234. The smallest absolute Gasteiger partial charge is 0.379 e. The number of nitro groups is 1. The predicted octanol–water partition coefficient (Wildman–Crippen LogP) is 3.77. The Morgan fingerprint density at radius 3 is 2.33 bits per heavy atom. The summed E-state index contributed by atoms with van der Waals surface area (Å²) >= 11 is 0. The van der Waals surface area contributed by atoms with Crippen molar-refractivity contribution >= 4 is 17.3 Å². The molecule has 0 saturated carbocycles. The molecular weight excluding hydrogens is 363 g/mol. The average Bonchev–Trinajstić information content (AvgIpc) is 2.61. The summed E-state index contributed by atoms with van der Waals surface area (Å²) in [6.45, 7) is 0.507. The van der Waals surface area contributed by atoms with Crippen LogP contribution in [-0.2, 0) is 17.4 Å². The van der Waals surface area contributed by atoms with E-state index < -0.39 is 16.7 Å². The van der Waals surface area contributed by atoms with Gasteiger partial charge in [-0.2, -0.15) is 13.2 Å². The normalized spacial score (nSPS) is 11.1. The van der Waals surface area contributed by atoms with E-state index >= 15 is 0 Å². The first-order valence-electron chi connectivity index (χ1n) is 8.17. The molecule has 0 saturated heterocycles. The Kier molecular flexibility index (Phi) is 6.75. The summed E-state index contributed by atoms with van der Waals surface area (Å²) in [6, 6.07) is 10.9. The number of anilines is 1. The van der Waals surface area contributed by atoms with Crippen LogP contribution < -0.4 is 10.6 Å². The van der Waals surface area contributed by atoms with Gasteiger partial charge in [0.2, 0.25) is 5.91 Å². The fourth-order valence-electron chi connectivity index (χ4n) is 2.39. The summed E-state index contributed by atoms with van der Waals surface area (Å²) < 4.78 is 37.5. The first-order chi connectivity index (χ1) is 12.8. The van der Waals surface area contributed by atoms with Crippen molar-refractivity contribution < 1.29 is 22.9 Å². The second kappa shape index (κ2) is 9.02. The Morgan fingerprint density at radius 2 is 1.70 bits per heavy atom. The molecule has 6 nitrogen and oxygen atoms in total. The Balaban J connectivity index is 1.72. The molecule has 0 heterocycles. The van der Waals surface area contributed by atoms with Gasteiger partial charge in [0.1, 0.15) is 5.69 Å². The van der Waals surface area contributed by atoms with E-state index in [1.807, 2.05) is 0 Å². The molecule has 27 heavy (non-hydrogen) atoms. The van der Waals surface area contributed by atoms with Crippen molar-refractivity contribution in [1.82, 2.24) is 5.32 Å². The molecule has 1 amide bonds. The van der Waals surface area contributed by atoms with Crippen LogP contribution in [0.4, 0.5) is 24.5 Å². The molecule has 144 valence electrons. The average molecular weight is 381 g/mol. The first-order valence-corrected chi connectivity index (χ1v) is 8.17. The number of nitro benzene ring substituents is 1. The van der Waals surface area contributed by atoms with Gasteiger partial charge in [0.15, 0.2) is 0 Å². The van der Waals surface area contributed by atoms with Crippen LogP contribution in [0.15, 0.2) is 48.5 Å². The number of carbonyl (C=O) groups is 1. The minimum atomic E-state index is -4.37. The SMILES string of the molecule is O=C(CCNc1ccccc1[N+](=O)[O-])NCCc1ccc(C(F)(F)F)cc1. The number of halogens is 3. The number of hydrogen-bond acceptors (Lipinski definition) is 4. The Bertz CT molecular complexity index is 792. The van der Waals surface area contributed by atoms with Gasteiger partial charge < -0.3 is 10.6 Å². The van der Waals surface area contributed by atoms with E-state index in [2.05, 4.69) is 10.6 Å². The zero-order chi connectivity index (χ0) is 19.9. The fourth-order valence-corrected chi connectivity index (χ4v) is 2.39. The molecule has 0 aromatic heterocycles. The quantitative estimate of drug-likeness (QED) is 0.538. The van der Waals surface area contributed by atoms with Crippen LogP contribution in [0.2, 0.25) is 0 Å². The molecule has 0 aliphatic rings. The van der Waals surface area contributed by atoms with Crippen LogP contribution >= 0.6 is 0 Å². The Labute approximate surface area is 153 Å². The highest BCUT2D eigenvalue weighted by Gasteiger charge is 2.29. The van der Waals surface area contributed by atoms with Crippen molar-refractivity contribution in [2.75, 3.05) is 18.4 Å². The lowest BCUT2D eigenvalue weighted by Gasteiger charge is -2.09. The van der Waals surface area contributed by atoms with Crippen molar-refractivity contribution in [1.29, 1.82) is 0 Å². The zero-order valence-electron chi connectivity index (χ0n) is 14.3. The van der Waals surface area contributed by atoms with E-state index in [1.54, 1.807) is 18.2 Å². The maximum atomic E-state index is 12.5. The van der Waals surface area contributed by atoms with E-state index in [0.717, 1.165) is 12.1 Å². The highest BCUT2D eigenvalue weighted by molar-refractivity contribution is 5.76. The minimum absolute atomic E-state index is 0.0692. The van der Waals surface area contributed by atoms with Gasteiger partial charge in [-0.05, 0) is 30.2 Å². The van der Waals surface area contributed by atoms with Crippen LogP contribution in [-0.4, -0.2) is 23.9 Å². The number of para-hydroxylation sites is 2. The van der Waals surface area contributed by atoms with Crippen LogP contribution in [0, 0.1) is 10.1 Å². The van der Waals surface area contributed by atoms with Crippen LogP contribution in [0.1, 0.15) is 17.5 Å². The third kappa shape index (κ3) is 6.28. The second-order valence-electron chi connectivity index (χ2n) is 5.75. The van der Waals surface area contributed by atoms with Crippen molar-refractivity contribution in [3.8, 4) is 0 Å². The number of rotatable bonds is 8. The number of benzene rings is 2. The molecule has 0 aliphatic carbocycles. The largest absolute Gasteiger partial charge is 0.416 e. The molecule has 2 aromatic carbocycles. The summed E-state index contributed by atoms with van der Waals surface area (Å²) in [5, 5.41) is 16.4. The van der Waals surface area contributed by atoms with Crippen molar-refractivity contribution in [3.63, 3.8) is 0 Å². The van der Waals surface area contributed by atoms with E-state index in [4.69, 9.17) is 0 Å². The van der Waals surface area contributed by atoms with Gasteiger partial charge in [0.25, 0.3) is 5.69 Å². The van der Waals surface area contributed by atoms with Crippen molar-refractivity contribution in [3.05, 3.63) is 69.8 Å². The molecular formula is C18H18F3N3O3. The first kappa shape index (κ1) is 20.2. The number of carbonyl (C=O) groups excluding carboxylic acids is 1. The van der Waals surface area contributed by atoms with Gasteiger partial charge >= 0.3 is 6.18 Å². The highest BCUT2D eigenvalue weighted by atomic mass is 19.4. The van der Waals surface area contributed by atoms with Crippen molar-refractivity contribution in [2.45, 2.75) is 19.0 Å². The second-order valence-corrected chi connectivity index (χ2v) is 5.75. The molecule has 0 aliphatic heterocycles. The molecule has 0 bridgehead atoms. The van der Waals surface area contributed by atoms with Gasteiger partial charge in [0.05, 0.1) is 10.5 Å². The van der Waals surface area contributed by atoms with Gasteiger partial charge in [-0.25, -0.2) is 0 Å². The van der Waals surface area contributed by atoms with Crippen LogP contribution in [0.25, 0.3) is 0 Å². The lowest BCUT2D eigenvalue weighted by atomic mass is 10.1. The van der Waals surface area contributed by atoms with E-state index in [1.165, 1.54) is 18.2 Å². The van der Waals surface area contributed by atoms with Crippen LogP contribution in [0.5, 0.6) is 0 Å². The summed E-state index contributed by atoms with van der Waals surface area (Å²) in [4.78, 5) is 22.2. The number of amides is 1. The van der Waals surface area contributed by atoms with Gasteiger partial charge in [-0.3, -0.25) is 14.9 Å². The third-order valence-corrected chi connectivity index (χ3v) is 3.79. The summed E-state index contributed by atoms with van der Waals surface area (Å²) in [7, 11) is 0. The lowest BCUT2D eigenvalue weighted by molar-refractivity contribution is -0.384. The Morgan fingerprint density at radius 1 is 1.04 bits per heavy atom. The number of alkyl halides is 3. The number of nitrogens with one attached hydrogen (secondary N) is 2. The van der Waals surface area contributed by atoms with Crippen LogP contribution in [0.3, 0.4) is 0 Å². The maximum absolute atomic E-state index is 12.5. The molecule has 0 atom stereocenters. The zero-order valence-corrected chi connectivity index (χ0v) is 14.3. The molecule has 2 aromatic rings. The molecule has 2 rings (SSSR count). The number of nitrogens with zero attached hydrogens (tertiary/aromatic N) is 1. The highest BCUT2D eigenvalue weighted by Crippen LogP contribution is 2.29. The lowest BCUT2D eigenvalue weighted by Crippen LogP contribution is -2.27. The fraction of sp³-hybridized carbons (Fsp3) is 0.278. The van der Waals surface area contributed by atoms with E-state index in [0.29, 0.717) is 17.7 Å². The molecule has 0 spiro atoms. The molecule has 0 radical (unpaired) electrons. The van der Waals surface area contributed by atoms with Gasteiger partial charge in [0, 0.05) is 25.6 Å². The number of hydrogen-bond donors (Lipinski definition) is 2. The topological polar surface area (TPSA) is 84.3 Å². The molecule has 0 fully saturated rings. The molecule has 9 heteroatoms. The van der Waals surface area contributed by atoms with E-state index in [9.17, 15) is 28.1 Å². The van der Waals surface area contributed by atoms with Gasteiger partial charge in [-0.15, -0.1) is 0 Å². The van der Waals surface area contributed by atoms with E-state index in [-0.39, 0.29) is 31.1 Å².